The molecule has 2 rings (SSSR count). The van der Waals surface area contributed by atoms with Gasteiger partial charge in [-0.2, -0.15) is 0 Å². The lowest BCUT2D eigenvalue weighted by Gasteiger charge is -2.32. The summed E-state index contributed by atoms with van der Waals surface area (Å²) in [6.07, 6.45) is 4.49. The van der Waals surface area contributed by atoms with E-state index >= 15 is 0 Å². The number of allylic oxidation sites excluding steroid dienone is 2. The van der Waals surface area contributed by atoms with E-state index in [1.807, 2.05) is 44.2 Å². The van der Waals surface area contributed by atoms with Crippen molar-refractivity contribution >= 4 is 11.9 Å². The van der Waals surface area contributed by atoms with Crippen LogP contribution in [0.15, 0.2) is 42.5 Å². The summed E-state index contributed by atoms with van der Waals surface area (Å²) in [6, 6.07) is 8.10. The first-order valence-corrected chi connectivity index (χ1v) is 5.53. The number of rotatable bonds is 2. The van der Waals surface area contributed by atoms with Gasteiger partial charge in [-0.05, 0) is 43.0 Å². The van der Waals surface area contributed by atoms with E-state index in [0.717, 1.165) is 16.7 Å². The van der Waals surface area contributed by atoms with Crippen molar-refractivity contribution in [1.82, 2.24) is 0 Å². The number of hydrogen-bond acceptors (Lipinski definition) is 1. The van der Waals surface area contributed by atoms with Crippen molar-refractivity contribution in [2.45, 2.75) is 25.7 Å². The zero-order chi connectivity index (χ0) is 11.8. The maximum Gasteiger partial charge on any atom is 0.169 e. The van der Waals surface area contributed by atoms with Gasteiger partial charge in [-0.3, -0.25) is 4.79 Å². The fourth-order valence-electron chi connectivity index (χ4n) is 2.47. The third kappa shape index (κ3) is 1.44. The average Bonchev–Trinajstić information content (AvgIpc) is 2.27. The van der Waals surface area contributed by atoms with Crippen LogP contribution in [0.2, 0.25) is 0 Å². The second kappa shape index (κ2) is 3.75. The van der Waals surface area contributed by atoms with Crippen LogP contribution in [0.3, 0.4) is 0 Å². The van der Waals surface area contributed by atoms with E-state index in [4.69, 9.17) is 0 Å². The number of carbonyl (C=O) groups is 1. The van der Waals surface area contributed by atoms with Crippen molar-refractivity contribution in [3.63, 3.8) is 0 Å². The van der Waals surface area contributed by atoms with Gasteiger partial charge in [0.2, 0.25) is 0 Å². The largest absolute Gasteiger partial charge is 0.294 e. The molecule has 1 aromatic carbocycles. The molecule has 0 saturated heterocycles. The Morgan fingerprint density at radius 1 is 1.38 bits per heavy atom. The highest BCUT2D eigenvalue weighted by molar-refractivity contribution is 6.09. The fourth-order valence-corrected chi connectivity index (χ4v) is 2.47. The molecule has 0 fully saturated rings. The second-order valence-corrected chi connectivity index (χ2v) is 4.57. The zero-order valence-corrected chi connectivity index (χ0v) is 9.79. The summed E-state index contributed by atoms with van der Waals surface area (Å²) in [5, 5.41) is 0. The Morgan fingerprint density at radius 2 is 2.06 bits per heavy atom. The van der Waals surface area contributed by atoms with Crippen molar-refractivity contribution in [1.29, 1.82) is 0 Å². The van der Waals surface area contributed by atoms with Gasteiger partial charge in [-0.15, -0.1) is 6.58 Å². The lowest BCUT2D eigenvalue weighted by Crippen LogP contribution is -2.35. The third-order valence-electron chi connectivity index (χ3n) is 3.34. The molecule has 1 nitrogen and oxygen atoms in total. The van der Waals surface area contributed by atoms with Gasteiger partial charge in [0.25, 0.3) is 0 Å². The molecular formula is C15H16O. The van der Waals surface area contributed by atoms with Gasteiger partial charge < -0.3 is 0 Å². The summed E-state index contributed by atoms with van der Waals surface area (Å²) < 4.78 is 0. The lowest BCUT2D eigenvalue weighted by atomic mass is 9.69. The average molecular weight is 212 g/mol. The maximum absolute atomic E-state index is 12.3. The normalized spacial score (nSPS) is 23.6. The van der Waals surface area contributed by atoms with Gasteiger partial charge in [0.05, 0.1) is 5.41 Å². The molecule has 1 aliphatic carbocycles. The van der Waals surface area contributed by atoms with Crippen LogP contribution in [-0.4, -0.2) is 5.78 Å². The monoisotopic (exact) mass is 212 g/mol. The van der Waals surface area contributed by atoms with Crippen LogP contribution in [0.25, 0.3) is 6.08 Å². The molecule has 1 atom stereocenters. The van der Waals surface area contributed by atoms with Crippen LogP contribution in [0.4, 0.5) is 0 Å². The molecule has 82 valence electrons. The molecule has 0 saturated carbocycles. The smallest absolute Gasteiger partial charge is 0.169 e. The molecule has 0 bridgehead atoms. The highest BCUT2D eigenvalue weighted by atomic mass is 16.1. The molecule has 0 N–H and O–H groups in total. The molecule has 0 spiro atoms. The van der Waals surface area contributed by atoms with Crippen molar-refractivity contribution in [2.75, 3.05) is 0 Å². The number of Topliss-reactive ketones (excluding diaryl/α,β-unsaturated/α-hetero) is 1. The summed E-state index contributed by atoms with van der Waals surface area (Å²) in [4.78, 5) is 12.3. The Balaban J connectivity index is 2.66. The van der Waals surface area contributed by atoms with E-state index in [0.29, 0.717) is 6.42 Å². The Morgan fingerprint density at radius 3 is 2.75 bits per heavy atom. The molecule has 1 unspecified atom stereocenters. The molecule has 16 heavy (non-hydrogen) atoms. The highest BCUT2D eigenvalue weighted by Crippen LogP contribution is 2.38. The van der Waals surface area contributed by atoms with Crippen LogP contribution in [-0.2, 0) is 10.2 Å². The van der Waals surface area contributed by atoms with Gasteiger partial charge in [0.1, 0.15) is 0 Å². The van der Waals surface area contributed by atoms with Crippen LogP contribution < -0.4 is 0 Å². The molecule has 1 aromatic rings. The second-order valence-electron chi connectivity index (χ2n) is 4.57. The van der Waals surface area contributed by atoms with Crippen LogP contribution in [0.1, 0.15) is 31.4 Å². The Bertz CT molecular complexity index is 482. The first-order chi connectivity index (χ1) is 7.59. The number of hydrogen-bond donors (Lipinski definition) is 0. The van der Waals surface area contributed by atoms with Crippen molar-refractivity contribution < 1.29 is 4.79 Å². The molecule has 0 heterocycles. The van der Waals surface area contributed by atoms with Crippen LogP contribution >= 0.6 is 0 Å². The molecular weight excluding hydrogens is 196 g/mol. The quantitative estimate of drug-likeness (QED) is 0.686. The van der Waals surface area contributed by atoms with Gasteiger partial charge >= 0.3 is 0 Å². The standard InChI is InChI=1S/C15H16O/c1-4-9-15(3)13-8-6-5-7-12(13)10-11(2)14(15)16/h4-8,10H,1,9H2,2-3H3. The summed E-state index contributed by atoms with van der Waals surface area (Å²) >= 11 is 0. The van der Waals surface area contributed by atoms with Crippen LogP contribution in [0.5, 0.6) is 0 Å². The van der Waals surface area contributed by atoms with E-state index in [2.05, 4.69) is 12.6 Å². The first-order valence-electron chi connectivity index (χ1n) is 5.53. The number of benzene rings is 1. The van der Waals surface area contributed by atoms with Gasteiger partial charge in [-0.1, -0.05) is 30.3 Å². The first kappa shape index (κ1) is 10.9. The SMILES string of the molecule is C=CCC1(C)C(=O)C(C)=Cc2ccccc21. The summed E-state index contributed by atoms with van der Waals surface area (Å²) in [5.41, 5.74) is 2.68. The molecule has 1 aliphatic rings. The summed E-state index contributed by atoms with van der Waals surface area (Å²) in [6.45, 7) is 7.66. The van der Waals surface area contributed by atoms with Crippen molar-refractivity contribution in [2.24, 2.45) is 0 Å². The number of fused-ring (bicyclic) bond motifs is 1. The topological polar surface area (TPSA) is 17.1 Å². The van der Waals surface area contributed by atoms with Gasteiger partial charge in [-0.25, -0.2) is 0 Å². The minimum absolute atomic E-state index is 0.214. The highest BCUT2D eigenvalue weighted by Gasteiger charge is 2.38. The number of ketones is 1. The summed E-state index contributed by atoms with van der Waals surface area (Å²) in [7, 11) is 0. The van der Waals surface area contributed by atoms with Gasteiger partial charge in [0.15, 0.2) is 5.78 Å². The Labute approximate surface area is 96.5 Å². The Kier molecular flexibility index (Phi) is 2.55. The molecule has 0 aromatic heterocycles. The minimum Gasteiger partial charge on any atom is -0.294 e. The Hall–Kier alpha value is -1.63. The van der Waals surface area contributed by atoms with Gasteiger partial charge in [0, 0.05) is 0 Å². The molecule has 0 radical (unpaired) electrons. The molecule has 1 heteroatoms. The minimum atomic E-state index is -0.433. The van der Waals surface area contributed by atoms with Crippen LogP contribution in [0, 0.1) is 0 Å². The van der Waals surface area contributed by atoms with E-state index < -0.39 is 5.41 Å². The van der Waals surface area contributed by atoms with E-state index in [1.165, 1.54) is 0 Å². The lowest BCUT2D eigenvalue weighted by molar-refractivity contribution is -0.120. The maximum atomic E-state index is 12.3. The van der Waals surface area contributed by atoms with E-state index in [1.54, 1.807) is 0 Å². The van der Waals surface area contributed by atoms with Crippen molar-refractivity contribution in [3.8, 4) is 0 Å². The predicted octanol–water partition coefficient (Wildman–Crippen LogP) is 3.51. The summed E-state index contributed by atoms with van der Waals surface area (Å²) in [5.74, 6) is 0.214. The predicted molar refractivity (Wildman–Crippen MR) is 67.3 cm³/mol. The van der Waals surface area contributed by atoms with E-state index in [9.17, 15) is 4.79 Å². The zero-order valence-electron chi connectivity index (χ0n) is 9.79. The molecule has 0 aliphatic heterocycles. The molecule has 0 amide bonds. The number of carbonyl (C=O) groups excluding carboxylic acids is 1. The fraction of sp³-hybridized carbons (Fsp3) is 0.267. The third-order valence-corrected chi connectivity index (χ3v) is 3.34. The van der Waals surface area contributed by atoms with E-state index in [-0.39, 0.29) is 5.78 Å². The van der Waals surface area contributed by atoms with Crippen molar-refractivity contribution in [3.05, 3.63) is 53.6 Å².